The van der Waals surface area contributed by atoms with Gasteiger partial charge in [0.2, 0.25) is 0 Å². The predicted octanol–water partition coefficient (Wildman–Crippen LogP) is 2.45. The quantitative estimate of drug-likeness (QED) is 0.742. The first kappa shape index (κ1) is 17.4. The summed E-state index contributed by atoms with van der Waals surface area (Å²) in [5.41, 5.74) is 0.940. The number of ether oxygens (including phenoxy) is 2. The molecule has 0 aliphatic carbocycles. The fraction of sp³-hybridized carbons (Fsp3) is 0.263. The topological polar surface area (TPSA) is 69.7 Å². The monoisotopic (exact) mass is 358 g/mol. The predicted molar refractivity (Wildman–Crippen MR) is 93.7 cm³/mol. The number of hydrogen-bond acceptors (Lipinski definition) is 5. The molecule has 0 amide bonds. The van der Waals surface area contributed by atoms with E-state index in [1.165, 1.54) is 0 Å². The Morgan fingerprint density at radius 3 is 1.80 bits per heavy atom. The van der Waals surface area contributed by atoms with E-state index >= 15 is 0 Å². The van der Waals surface area contributed by atoms with E-state index in [1.54, 1.807) is 48.5 Å². The van der Waals surface area contributed by atoms with Crippen molar-refractivity contribution in [3.63, 3.8) is 0 Å². The molecule has 6 heteroatoms. The smallest absolute Gasteiger partial charge is 0.338 e. The highest BCUT2D eigenvalue weighted by molar-refractivity contribution is 7.87. The van der Waals surface area contributed by atoms with Gasteiger partial charge in [0.05, 0.1) is 23.0 Å². The van der Waals surface area contributed by atoms with Gasteiger partial charge in [-0.2, -0.15) is 0 Å². The van der Waals surface area contributed by atoms with Crippen LogP contribution in [0.3, 0.4) is 0 Å². The Labute approximate surface area is 148 Å². The molecule has 1 fully saturated rings. The van der Waals surface area contributed by atoms with E-state index in [0.717, 1.165) is 0 Å². The Balaban J connectivity index is 1.48. The molecule has 3 atom stereocenters. The molecular weight excluding hydrogens is 340 g/mol. The maximum atomic E-state index is 11.9. The first-order valence-electron chi connectivity index (χ1n) is 7.96. The van der Waals surface area contributed by atoms with E-state index in [0.29, 0.717) is 16.9 Å². The summed E-state index contributed by atoms with van der Waals surface area (Å²) in [6, 6.07) is 17.4. The summed E-state index contributed by atoms with van der Waals surface area (Å²) < 4.78 is 22.4. The van der Waals surface area contributed by atoms with Crippen LogP contribution in [-0.2, 0) is 20.3 Å². The number of hydrogen-bond donors (Lipinski definition) is 0. The minimum absolute atomic E-state index is 0.0583. The third-order valence-corrected chi connectivity index (χ3v) is 6.02. The Morgan fingerprint density at radius 1 is 0.840 bits per heavy atom. The molecule has 1 aliphatic rings. The van der Waals surface area contributed by atoms with E-state index in [2.05, 4.69) is 0 Å². The largest absolute Gasteiger partial charge is 0.462 e. The van der Waals surface area contributed by atoms with E-state index in [-0.39, 0.29) is 24.4 Å². The summed E-state index contributed by atoms with van der Waals surface area (Å²) in [7, 11) is -1.06. The molecule has 2 aromatic rings. The molecule has 1 saturated heterocycles. The standard InChI is InChI=1S/C19H18O5S/c20-18(14-7-3-1-4-8-14)23-11-16-13-25(22)17(16)12-24-19(21)15-9-5-2-6-10-15/h1-10,16-17H,11-13H2/t16-,17-,25?/m0/s1. The van der Waals surface area contributed by atoms with Crippen molar-refractivity contribution >= 4 is 22.7 Å². The maximum absolute atomic E-state index is 11.9. The van der Waals surface area contributed by atoms with Crippen molar-refractivity contribution in [2.45, 2.75) is 5.25 Å². The number of benzene rings is 2. The van der Waals surface area contributed by atoms with E-state index < -0.39 is 22.7 Å². The maximum Gasteiger partial charge on any atom is 0.338 e. The number of esters is 2. The molecule has 0 spiro atoms. The molecule has 5 nitrogen and oxygen atoms in total. The Bertz CT molecular complexity index is 760. The lowest BCUT2D eigenvalue weighted by Crippen LogP contribution is -2.48. The van der Waals surface area contributed by atoms with Gasteiger partial charge in [0, 0.05) is 22.5 Å². The Hall–Kier alpha value is -2.47. The van der Waals surface area contributed by atoms with Gasteiger partial charge in [-0.1, -0.05) is 36.4 Å². The molecule has 0 aromatic heterocycles. The third-order valence-electron chi connectivity index (χ3n) is 4.07. The van der Waals surface area contributed by atoms with Crippen LogP contribution < -0.4 is 0 Å². The molecule has 0 bridgehead atoms. The molecule has 1 unspecified atom stereocenters. The fourth-order valence-corrected chi connectivity index (χ4v) is 4.02. The van der Waals surface area contributed by atoms with Crippen LogP contribution in [0.2, 0.25) is 0 Å². The zero-order valence-corrected chi connectivity index (χ0v) is 14.3. The van der Waals surface area contributed by atoms with Crippen LogP contribution in [0, 0.1) is 5.92 Å². The molecule has 0 saturated carbocycles. The highest BCUT2D eigenvalue weighted by Gasteiger charge is 2.40. The average Bonchev–Trinajstić information content (AvgIpc) is 2.66. The Kier molecular flexibility index (Phi) is 5.60. The highest BCUT2D eigenvalue weighted by Crippen LogP contribution is 2.26. The summed E-state index contributed by atoms with van der Waals surface area (Å²) in [6.45, 7) is 0.237. The van der Waals surface area contributed by atoms with Crippen molar-refractivity contribution in [2.75, 3.05) is 19.0 Å². The van der Waals surface area contributed by atoms with Gasteiger partial charge in [-0.15, -0.1) is 0 Å². The summed E-state index contributed by atoms with van der Waals surface area (Å²) in [4.78, 5) is 23.9. The molecule has 1 heterocycles. The second-order valence-corrected chi connectivity index (χ2v) is 7.48. The lowest BCUT2D eigenvalue weighted by molar-refractivity contribution is 0.0360. The van der Waals surface area contributed by atoms with Gasteiger partial charge >= 0.3 is 11.9 Å². The zero-order valence-electron chi connectivity index (χ0n) is 13.5. The molecule has 2 aromatic carbocycles. The fourth-order valence-electron chi connectivity index (χ4n) is 2.56. The first-order valence-corrected chi connectivity index (χ1v) is 9.35. The van der Waals surface area contributed by atoms with Crippen LogP contribution in [0.5, 0.6) is 0 Å². The first-order chi connectivity index (χ1) is 12.1. The van der Waals surface area contributed by atoms with Gasteiger partial charge in [-0.25, -0.2) is 9.59 Å². The highest BCUT2D eigenvalue weighted by atomic mass is 32.2. The normalized spacial score (nSPS) is 21.8. The van der Waals surface area contributed by atoms with Gasteiger partial charge in [-0.3, -0.25) is 4.21 Å². The average molecular weight is 358 g/mol. The molecule has 25 heavy (non-hydrogen) atoms. The van der Waals surface area contributed by atoms with Crippen molar-refractivity contribution in [1.82, 2.24) is 0 Å². The van der Waals surface area contributed by atoms with Crippen molar-refractivity contribution in [1.29, 1.82) is 0 Å². The molecule has 130 valence electrons. The van der Waals surface area contributed by atoms with Crippen molar-refractivity contribution < 1.29 is 23.3 Å². The number of rotatable bonds is 6. The van der Waals surface area contributed by atoms with Gasteiger partial charge in [0.1, 0.15) is 6.61 Å². The minimum Gasteiger partial charge on any atom is -0.462 e. The summed E-state index contributed by atoms with van der Waals surface area (Å²) in [6.07, 6.45) is 0. The van der Waals surface area contributed by atoms with Crippen LogP contribution >= 0.6 is 0 Å². The van der Waals surface area contributed by atoms with Crippen LogP contribution in [0.1, 0.15) is 20.7 Å². The summed E-state index contributed by atoms with van der Waals surface area (Å²) in [5.74, 6) is -0.449. The summed E-state index contributed by atoms with van der Waals surface area (Å²) >= 11 is 0. The number of carbonyl (C=O) groups excluding carboxylic acids is 2. The molecule has 0 radical (unpaired) electrons. The van der Waals surface area contributed by atoms with Gasteiger partial charge in [0.25, 0.3) is 0 Å². The second kappa shape index (κ2) is 8.07. The van der Waals surface area contributed by atoms with E-state index in [9.17, 15) is 13.8 Å². The van der Waals surface area contributed by atoms with Crippen LogP contribution in [0.4, 0.5) is 0 Å². The van der Waals surface area contributed by atoms with Crippen molar-refractivity contribution in [2.24, 2.45) is 5.92 Å². The minimum atomic E-state index is -1.06. The zero-order chi connectivity index (χ0) is 17.6. The van der Waals surface area contributed by atoms with Gasteiger partial charge < -0.3 is 9.47 Å². The van der Waals surface area contributed by atoms with Gasteiger partial charge in [0.15, 0.2) is 0 Å². The van der Waals surface area contributed by atoms with E-state index in [1.807, 2.05) is 12.1 Å². The third kappa shape index (κ3) is 4.33. The van der Waals surface area contributed by atoms with E-state index in [4.69, 9.17) is 9.47 Å². The van der Waals surface area contributed by atoms with Crippen LogP contribution in [-0.4, -0.2) is 40.4 Å². The lowest BCUT2D eigenvalue weighted by Gasteiger charge is -2.34. The molecule has 1 aliphatic heterocycles. The molecule has 3 rings (SSSR count). The van der Waals surface area contributed by atoms with Gasteiger partial charge in [-0.05, 0) is 24.3 Å². The molecule has 0 N–H and O–H groups in total. The lowest BCUT2D eigenvalue weighted by atomic mass is 10.1. The van der Waals surface area contributed by atoms with Crippen molar-refractivity contribution in [3.8, 4) is 0 Å². The summed E-state index contributed by atoms with van der Waals surface area (Å²) in [5, 5.41) is -0.295. The second-order valence-electron chi connectivity index (χ2n) is 5.77. The van der Waals surface area contributed by atoms with Crippen LogP contribution in [0.25, 0.3) is 0 Å². The van der Waals surface area contributed by atoms with Crippen molar-refractivity contribution in [3.05, 3.63) is 71.8 Å². The Morgan fingerprint density at radius 2 is 1.32 bits per heavy atom. The SMILES string of the molecule is O=C(OC[C@H]1CS(=O)[C@H]1COC(=O)c1ccccc1)c1ccccc1. The molecular formula is C19H18O5S. The number of carbonyl (C=O) groups is 2. The van der Waals surface area contributed by atoms with Crippen LogP contribution in [0.15, 0.2) is 60.7 Å².